The Balaban J connectivity index is 1.91. The van der Waals surface area contributed by atoms with Crippen molar-refractivity contribution >= 4 is 48.5 Å². The first-order valence-electron chi connectivity index (χ1n) is 8.12. The molecule has 0 atom stereocenters. The Morgan fingerprint density at radius 2 is 1.16 bits per heavy atom. The maximum absolute atomic E-state index is 4.60. The summed E-state index contributed by atoms with van der Waals surface area (Å²) in [6.45, 7) is 0. The maximum Gasteiger partial charge on any atom is 0.0970 e. The number of nitrogens with zero attached hydrogens (tertiary/aromatic N) is 2. The van der Waals surface area contributed by atoms with Crippen LogP contribution in [0.2, 0.25) is 0 Å². The van der Waals surface area contributed by atoms with Crippen molar-refractivity contribution in [3.05, 3.63) is 83.6 Å². The van der Waals surface area contributed by atoms with Gasteiger partial charge in [-0.1, -0.05) is 52.3 Å². The van der Waals surface area contributed by atoms with Crippen LogP contribution in [0.25, 0.3) is 43.7 Å². The molecule has 0 saturated heterocycles. The predicted molar refractivity (Wildman–Crippen MR) is 108 cm³/mol. The van der Waals surface area contributed by atoms with Crippen LogP contribution < -0.4 is 0 Å². The first-order valence-corrected chi connectivity index (χ1v) is 8.92. The van der Waals surface area contributed by atoms with Gasteiger partial charge in [-0.3, -0.25) is 9.97 Å². The van der Waals surface area contributed by atoms with Crippen molar-refractivity contribution in [2.75, 3.05) is 0 Å². The molecule has 0 bridgehead atoms. The summed E-state index contributed by atoms with van der Waals surface area (Å²) in [5.41, 5.74) is 4.32. The summed E-state index contributed by atoms with van der Waals surface area (Å²) in [6, 6.07) is 23.3. The van der Waals surface area contributed by atoms with Gasteiger partial charge in [-0.25, -0.2) is 0 Å². The highest BCUT2D eigenvalue weighted by Gasteiger charge is 2.11. The Kier molecular flexibility index (Phi) is 3.28. The fourth-order valence-electron chi connectivity index (χ4n) is 3.45. The fraction of sp³-hybridized carbons (Fsp3) is 0. The smallest absolute Gasteiger partial charge is 0.0970 e. The van der Waals surface area contributed by atoms with Gasteiger partial charge in [0, 0.05) is 27.6 Å². The molecule has 0 N–H and O–H groups in total. The van der Waals surface area contributed by atoms with E-state index in [1.54, 1.807) is 0 Å². The topological polar surface area (TPSA) is 25.8 Å². The molecule has 0 unspecified atom stereocenters. The molecule has 0 fully saturated rings. The zero-order chi connectivity index (χ0) is 16.8. The molecule has 2 aromatic heterocycles. The molecule has 0 aliphatic rings. The Morgan fingerprint density at radius 1 is 0.560 bits per heavy atom. The molecule has 2 nitrogen and oxygen atoms in total. The summed E-state index contributed by atoms with van der Waals surface area (Å²) < 4.78 is 1.09. The molecule has 0 spiro atoms. The van der Waals surface area contributed by atoms with Gasteiger partial charge in [0.2, 0.25) is 0 Å². The van der Waals surface area contributed by atoms with Crippen molar-refractivity contribution in [1.82, 2.24) is 9.97 Å². The van der Waals surface area contributed by atoms with Crippen molar-refractivity contribution in [1.29, 1.82) is 0 Å². The summed E-state index contributed by atoms with van der Waals surface area (Å²) in [7, 11) is 0. The lowest BCUT2D eigenvalue weighted by Gasteiger charge is -2.10. The minimum atomic E-state index is 0.957. The summed E-state index contributed by atoms with van der Waals surface area (Å²) in [6.07, 6.45) is 3.67. The van der Waals surface area contributed by atoms with Crippen LogP contribution >= 0.6 is 15.9 Å². The van der Waals surface area contributed by atoms with Crippen LogP contribution in [-0.4, -0.2) is 9.97 Å². The Morgan fingerprint density at radius 3 is 1.84 bits per heavy atom. The number of fused-ring (bicyclic) bond motifs is 6. The van der Waals surface area contributed by atoms with Gasteiger partial charge in [0.15, 0.2) is 0 Å². The lowest BCUT2D eigenvalue weighted by molar-refractivity contribution is 1.38. The SMILES string of the molecule is Brc1ccc(-c2ccc3c(c2)c2cccnc2c2ncccc32)cc1. The van der Waals surface area contributed by atoms with E-state index in [2.05, 4.69) is 80.5 Å². The molecule has 0 aliphatic carbocycles. The summed E-state index contributed by atoms with van der Waals surface area (Å²) in [5.74, 6) is 0. The maximum atomic E-state index is 4.60. The molecule has 5 rings (SSSR count). The number of hydrogen-bond acceptors (Lipinski definition) is 2. The van der Waals surface area contributed by atoms with Crippen LogP contribution in [-0.2, 0) is 0 Å². The van der Waals surface area contributed by atoms with Crippen molar-refractivity contribution in [3.8, 4) is 11.1 Å². The number of rotatable bonds is 1. The molecule has 118 valence electrons. The van der Waals surface area contributed by atoms with Gasteiger partial charge in [0.05, 0.1) is 11.0 Å². The van der Waals surface area contributed by atoms with E-state index in [4.69, 9.17) is 0 Å². The van der Waals surface area contributed by atoms with Crippen LogP contribution in [0.1, 0.15) is 0 Å². The predicted octanol–water partition coefficient (Wildman–Crippen LogP) is 6.37. The Labute approximate surface area is 153 Å². The first kappa shape index (κ1) is 14.6. The average molecular weight is 385 g/mol. The lowest BCUT2D eigenvalue weighted by Crippen LogP contribution is -1.88. The van der Waals surface area contributed by atoms with E-state index in [1.165, 1.54) is 21.9 Å². The molecular weight excluding hydrogens is 372 g/mol. The minimum Gasteiger partial charge on any atom is -0.254 e. The van der Waals surface area contributed by atoms with Crippen LogP contribution in [0.15, 0.2) is 83.6 Å². The van der Waals surface area contributed by atoms with Gasteiger partial charge < -0.3 is 0 Å². The van der Waals surface area contributed by atoms with E-state index in [0.717, 1.165) is 26.3 Å². The molecule has 2 heterocycles. The second kappa shape index (κ2) is 5.64. The number of halogens is 1. The molecule has 0 amide bonds. The molecule has 0 saturated carbocycles. The Hall–Kier alpha value is -2.78. The van der Waals surface area contributed by atoms with E-state index in [-0.39, 0.29) is 0 Å². The van der Waals surface area contributed by atoms with E-state index in [1.807, 2.05) is 24.5 Å². The monoisotopic (exact) mass is 384 g/mol. The van der Waals surface area contributed by atoms with E-state index in [9.17, 15) is 0 Å². The Bertz CT molecular complexity index is 1210. The molecule has 25 heavy (non-hydrogen) atoms. The van der Waals surface area contributed by atoms with E-state index in [0.29, 0.717) is 0 Å². The van der Waals surface area contributed by atoms with Crippen LogP contribution in [0.5, 0.6) is 0 Å². The van der Waals surface area contributed by atoms with Gasteiger partial charge in [-0.15, -0.1) is 0 Å². The van der Waals surface area contributed by atoms with Crippen molar-refractivity contribution in [2.45, 2.75) is 0 Å². The van der Waals surface area contributed by atoms with Crippen LogP contribution in [0.4, 0.5) is 0 Å². The van der Waals surface area contributed by atoms with Crippen molar-refractivity contribution in [2.24, 2.45) is 0 Å². The zero-order valence-corrected chi connectivity index (χ0v) is 14.9. The number of aromatic nitrogens is 2. The molecular formula is C22H13BrN2. The molecule has 0 aliphatic heterocycles. The summed E-state index contributed by atoms with van der Waals surface area (Å²) >= 11 is 3.50. The number of pyridine rings is 2. The third kappa shape index (κ3) is 2.31. The van der Waals surface area contributed by atoms with Gasteiger partial charge >= 0.3 is 0 Å². The summed E-state index contributed by atoms with van der Waals surface area (Å²) in [5, 5.41) is 4.71. The summed E-state index contributed by atoms with van der Waals surface area (Å²) in [4.78, 5) is 9.19. The number of hydrogen-bond donors (Lipinski definition) is 0. The van der Waals surface area contributed by atoms with Crippen molar-refractivity contribution < 1.29 is 0 Å². The standard InChI is InChI=1S/C22H13BrN2/c23-16-8-5-14(6-9-16)15-7-10-17-18-3-1-11-24-21(18)22-19(20(17)13-15)4-2-12-25-22/h1-13H. The normalized spacial score (nSPS) is 11.4. The lowest BCUT2D eigenvalue weighted by atomic mass is 9.96. The second-order valence-electron chi connectivity index (χ2n) is 6.07. The highest BCUT2D eigenvalue weighted by Crippen LogP contribution is 2.35. The molecule has 3 heteroatoms. The zero-order valence-electron chi connectivity index (χ0n) is 13.3. The number of benzene rings is 3. The fourth-order valence-corrected chi connectivity index (χ4v) is 3.71. The van der Waals surface area contributed by atoms with E-state index >= 15 is 0 Å². The first-order chi connectivity index (χ1) is 12.3. The molecule has 5 aromatic rings. The highest BCUT2D eigenvalue weighted by atomic mass is 79.9. The molecule has 0 radical (unpaired) electrons. The molecule has 3 aromatic carbocycles. The highest BCUT2D eigenvalue weighted by molar-refractivity contribution is 9.10. The van der Waals surface area contributed by atoms with Crippen LogP contribution in [0.3, 0.4) is 0 Å². The largest absolute Gasteiger partial charge is 0.254 e. The van der Waals surface area contributed by atoms with Gasteiger partial charge in [0.1, 0.15) is 0 Å². The second-order valence-corrected chi connectivity index (χ2v) is 6.98. The average Bonchev–Trinajstić information content (AvgIpc) is 2.68. The van der Waals surface area contributed by atoms with Crippen molar-refractivity contribution in [3.63, 3.8) is 0 Å². The van der Waals surface area contributed by atoms with Crippen LogP contribution in [0, 0.1) is 0 Å². The quantitative estimate of drug-likeness (QED) is 0.314. The minimum absolute atomic E-state index is 0.957. The van der Waals surface area contributed by atoms with Gasteiger partial charge in [-0.2, -0.15) is 0 Å². The third-order valence-electron chi connectivity index (χ3n) is 4.62. The van der Waals surface area contributed by atoms with Gasteiger partial charge in [0.25, 0.3) is 0 Å². The van der Waals surface area contributed by atoms with E-state index < -0.39 is 0 Å². The van der Waals surface area contributed by atoms with Gasteiger partial charge in [-0.05, 0) is 52.2 Å². The third-order valence-corrected chi connectivity index (χ3v) is 5.15.